The van der Waals surface area contributed by atoms with Gasteiger partial charge in [0.15, 0.2) is 0 Å². The number of allylic oxidation sites excluding steroid dienone is 1. The van der Waals surface area contributed by atoms with Crippen LogP contribution in [-0.4, -0.2) is 25.8 Å². The molecule has 0 aromatic heterocycles. The van der Waals surface area contributed by atoms with Crippen molar-refractivity contribution in [3.05, 3.63) is 96.1 Å². The number of aliphatic imine (C=N–C) groups is 1. The Hall–Kier alpha value is -3.33. The molecule has 27 heavy (non-hydrogen) atoms. The molecule has 3 heteroatoms. The van der Waals surface area contributed by atoms with Gasteiger partial charge in [0.25, 0.3) is 0 Å². The van der Waals surface area contributed by atoms with Crippen molar-refractivity contribution >= 4 is 28.8 Å². The lowest BCUT2D eigenvalue weighted by Crippen LogP contribution is -2.20. The van der Waals surface area contributed by atoms with E-state index in [1.54, 1.807) is 0 Å². The van der Waals surface area contributed by atoms with Gasteiger partial charge < -0.3 is 10.2 Å². The van der Waals surface area contributed by atoms with Gasteiger partial charge >= 0.3 is 0 Å². The van der Waals surface area contributed by atoms with Crippen molar-refractivity contribution in [2.75, 3.05) is 30.4 Å². The van der Waals surface area contributed by atoms with Crippen LogP contribution in [0, 0.1) is 0 Å². The third-order valence-electron chi connectivity index (χ3n) is 4.74. The second kappa shape index (κ2) is 7.92. The number of hydrogen-bond acceptors (Lipinski definition) is 3. The summed E-state index contributed by atoms with van der Waals surface area (Å²) < 4.78 is 0. The average molecular weight is 353 g/mol. The van der Waals surface area contributed by atoms with Crippen LogP contribution in [0.25, 0.3) is 6.08 Å². The van der Waals surface area contributed by atoms with Crippen LogP contribution in [0.5, 0.6) is 0 Å². The first-order valence-electron chi connectivity index (χ1n) is 9.25. The molecular formula is C24H23N3. The molecule has 134 valence electrons. The van der Waals surface area contributed by atoms with E-state index in [-0.39, 0.29) is 0 Å². The molecule has 3 nitrogen and oxygen atoms in total. The first-order chi connectivity index (χ1) is 13.3. The minimum absolute atomic E-state index is 0.800. The Kier molecular flexibility index (Phi) is 5.01. The van der Waals surface area contributed by atoms with Crippen molar-refractivity contribution in [1.82, 2.24) is 0 Å². The van der Waals surface area contributed by atoms with E-state index in [1.807, 2.05) is 18.2 Å². The number of hydrogen-bond donors (Lipinski definition) is 1. The Morgan fingerprint density at radius 2 is 1.59 bits per heavy atom. The van der Waals surface area contributed by atoms with E-state index in [2.05, 4.69) is 90.1 Å². The molecule has 0 bridgehead atoms. The van der Waals surface area contributed by atoms with E-state index >= 15 is 0 Å². The van der Waals surface area contributed by atoms with E-state index in [0.717, 1.165) is 35.7 Å². The largest absolute Gasteiger partial charge is 0.372 e. The van der Waals surface area contributed by atoms with Crippen LogP contribution in [0.4, 0.5) is 17.1 Å². The number of fused-ring (bicyclic) bond motifs is 1. The van der Waals surface area contributed by atoms with Gasteiger partial charge in [0.05, 0.1) is 12.3 Å². The smallest absolute Gasteiger partial charge is 0.0668 e. The Morgan fingerprint density at radius 1 is 0.852 bits per heavy atom. The molecule has 0 atom stereocenters. The van der Waals surface area contributed by atoms with Crippen molar-refractivity contribution in [1.29, 1.82) is 0 Å². The molecule has 3 aromatic rings. The van der Waals surface area contributed by atoms with Crippen molar-refractivity contribution in [2.24, 2.45) is 4.99 Å². The molecule has 1 heterocycles. The molecule has 0 spiro atoms. The van der Waals surface area contributed by atoms with E-state index < -0.39 is 0 Å². The number of benzene rings is 3. The summed E-state index contributed by atoms with van der Waals surface area (Å²) in [5.41, 5.74) is 6.75. The highest BCUT2D eigenvalue weighted by Crippen LogP contribution is 2.25. The Balaban J connectivity index is 1.64. The zero-order valence-corrected chi connectivity index (χ0v) is 15.5. The van der Waals surface area contributed by atoms with Gasteiger partial charge in [-0.15, -0.1) is 0 Å². The minimum Gasteiger partial charge on any atom is -0.372 e. The Bertz CT molecular complexity index is 974. The van der Waals surface area contributed by atoms with Crippen LogP contribution >= 0.6 is 0 Å². The fourth-order valence-corrected chi connectivity index (χ4v) is 3.29. The number of benzodiazepines with no additional fused rings is 1. The summed E-state index contributed by atoms with van der Waals surface area (Å²) in [7, 11) is 2.13. The molecule has 0 amide bonds. The molecule has 0 fully saturated rings. The van der Waals surface area contributed by atoms with Crippen molar-refractivity contribution < 1.29 is 0 Å². The molecule has 0 unspecified atom stereocenters. The maximum absolute atomic E-state index is 4.81. The molecule has 1 N–H and O–H groups in total. The highest BCUT2D eigenvalue weighted by molar-refractivity contribution is 6.14. The maximum Gasteiger partial charge on any atom is 0.0668 e. The van der Waals surface area contributed by atoms with Crippen LogP contribution in [0.3, 0.4) is 0 Å². The summed E-state index contributed by atoms with van der Waals surface area (Å²) in [6.07, 6.45) is 4.27. The number of nitrogens with one attached hydrogen (secondary N) is 1. The first-order valence-corrected chi connectivity index (χ1v) is 9.25. The van der Waals surface area contributed by atoms with Gasteiger partial charge in [0.1, 0.15) is 0 Å². The van der Waals surface area contributed by atoms with E-state index in [4.69, 9.17) is 4.99 Å². The summed E-state index contributed by atoms with van der Waals surface area (Å²) in [5.74, 6) is 0. The van der Waals surface area contributed by atoms with Crippen LogP contribution in [0.1, 0.15) is 11.1 Å². The first kappa shape index (κ1) is 17.1. The Morgan fingerprint density at radius 3 is 2.48 bits per heavy atom. The maximum atomic E-state index is 4.81. The van der Waals surface area contributed by atoms with E-state index in [0.29, 0.717) is 0 Å². The number of anilines is 3. The highest BCUT2D eigenvalue weighted by Gasteiger charge is 2.13. The molecule has 0 saturated heterocycles. The summed E-state index contributed by atoms with van der Waals surface area (Å²) in [4.78, 5) is 7.08. The van der Waals surface area contributed by atoms with Gasteiger partial charge in [-0.2, -0.15) is 0 Å². The lowest BCUT2D eigenvalue weighted by atomic mass is 10.0. The van der Waals surface area contributed by atoms with Gasteiger partial charge in [0.2, 0.25) is 0 Å². The predicted octanol–water partition coefficient (Wildman–Crippen LogP) is 5.38. The van der Waals surface area contributed by atoms with E-state index in [9.17, 15) is 0 Å². The summed E-state index contributed by atoms with van der Waals surface area (Å²) in [6, 6.07) is 27.0. The van der Waals surface area contributed by atoms with Crippen LogP contribution in [-0.2, 0) is 0 Å². The fourth-order valence-electron chi connectivity index (χ4n) is 3.29. The molecule has 0 radical (unpaired) electrons. The van der Waals surface area contributed by atoms with Crippen LogP contribution in [0.15, 0.2) is 89.9 Å². The molecule has 1 aliphatic heterocycles. The SMILES string of the molecule is CN1CCN=C(/C=C/c2ccccc2Nc2ccccc2)c2ccccc21. The zero-order valence-electron chi connectivity index (χ0n) is 15.5. The third-order valence-corrected chi connectivity index (χ3v) is 4.74. The second-order valence-electron chi connectivity index (χ2n) is 6.62. The van der Waals surface area contributed by atoms with Crippen molar-refractivity contribution in [3.8, 4) is 0 Å². The second-order valence-corrected chi connectivity index (χ2v) is 6.62. The molecule has 0 aliphatic carbocycles. The number of nitrogens with zero attached hydrogens (tertiary/aromatic N) is 2. The van der Waals surface area contributed by atoms with Gasteiger partial charge in [-0.05, 0) is 35.9 Å². The lowest BCUT2D eigenvalue weighted by molar-refractivity contribution is 0.897. The molecule has 4 rings (SSSR count). The van der Waals surface area contributed by atoms with Gasteiger partial charge in [-0.3, -0.25) is 4.99 Å². The highest BCUT2D eigenvalue weighted by atomic mass is 15.1. The molecule has 3 aromatic carbocycles. The number of para-hydroxylation sites is 3. The topological polar surface area (TPSA) is 27.6 Å². The summed E-state index contributed by atoms with van der Waals surface area (Å²) in [6.45, 7) is 1.73. The van der Waals surface area contributed by atoms with Crippen molar-refractivity contribution in [2.45, 2.75) is 0 Å². The molecule has 1 aliphatic rings. The molecule has 0 saturated carbocycles. The number of likely N-dealkylation sites (N-methyl/N-ethyl adjacent to an activating group) is 1. The Labute approximate surface area is 160 Å². The van der Waals surface area contributed by atoms with Gasteiger partial charge in [0, 0.05) is 36.2 Å². The summed E-state index contributed by atoms with van der Waals surface area (Å²) in [5, 5.41) is 3.50. The molecular weight excluding hydrogens is 330 g/mol. The quantitative estimate of drug-likeness (QED) is 0.682. The predicted molar refractivity (Wildman–Crippen MR) is 116 cm³/mol. The minimum atomic E-state index is 0.800. The fraction of sp³-hybridized carbons (Fsp3) is 0.125. The van der Waals surface area contributed by atoms with Crippen molar-refractivity contribution in [3.63, 3.8) is 0 Å². The summed E-state index contributed by atoms with van der Waals surface area (Å²) >= 11 is 0. The van der Waals surface area contributed by atoms with Gasteiger partial charge in [-0.25, -0.2) is 0 Å². The normalized spacial score (nSPS) is 13.8. The van der Waals surface area contributed by atoms with E-state index in [1.165, 1.54) is 11.3 Å². The van der Waals surface area contributed by atoms with Gasteiger partial charge in [-0.1, -0.05) is 60.7 Å². The lowest BCUT2D eigenvalue weighted by Gasteiger charge is -2.18. The van der Waals surface area contributed by atoms with Crippen LogP contribution < -0.4 is 10.2 Å². The third kappa shape index (κ3) is 3.93. The standard InChI is InChI=1S/C24H23N3/c1-27-18-17-25-23(21-12-6-8-14-24(21)27)16-15-19-9-5-7-13-22(19)26-20-10-3-2-4-11-20/h2-16,26H,17-18H2,1H3/b16-15+. The average Bonchev–Trinajstić information content (AvgIpc) is 2.87. The zero-order chi connectivity index (χ0) is 18.5. The number of rotatable bonds is 4. The van der Waals surface area contributed by atoms with Crippen LogP contribution in [0.2, 0.25) is 0 Å². The monoisotopic (exact) mass is 353 g/mol.